The molecule has 4 nitrogen and oxygen atoms in total. The molecular formula is C18H18ClNO3S. The van der Waals surface area contributed by atoms with Crippen molar-refractivity contribution in [1.29, 1.82) is 0 Å². The van der Waals surface area contributed by atoms with Crippen LogP contribution < -0.4 is 5.32 Å². The summed E-state index contributed by atoms with van der Waals surface area (Å²) in [5.41, 5.74) is 3.02. The molecular weight excluding hydrogens is 346 g/mol. The van der Waals surface area contributed by atoms with Gasteiger partial charge in [0.2, 0.25) is 5.91 Å². The molecule has 6 heteroatoms. The average Bonchev–Trinajstić information content (AvgIpc) is 2.55. The van der Waals surface area contributed by atoms with E-state index in [0.717, 1.165) is 11.1 Å². The van der Waals surface area contributed by atoms with Crippen molar-refractivity contribution in [3.63, 3.8) is 0 Å². The van der Waals surface area contributed by atoms with Crippen LogP contribution in [0.2, 0.25) is 5.02 Å². The molecule has 0 fully saturated rings. The Kier molecular flexibility index (Phi) is 6.29. The predicted molar refractivity (Wildman–Crippen MR) is 98.1 cm³/mol. The van der Waals surface area contributed by atoms with E-state index in [2.05, 4.69) is 5.32 Å². The minimum absolute atomic E-state index is 0.164. The first-order chi connectivity index (χ1) is 11.4. The minimum atomic E-state index is -0.420. The highest BCUT2D eigenvalue weighted by atomic mass is 35.5. The third kappa shape index (κ3) is 4.52. The number of ether oxygens (including phenoxy) is 1. The Morgan fingerprint density at radius 2 is 1.92 bits per heavy atom. The van der Waals surface area contributed by atoms with E-state index >= 15 is 0 Å². The van der Waals surface area contributed by atoms with Gasteiger partial charge in [-0.05, 0) is 43.2 Å². The molecule has 0 radical (unpaired) electrons. The molecule has 126 valence electrons. The highest BCUT2D eigenvalue weighted by Crippen LogP contribution is 2.28. The number of carbonyl (C=O) groups excluding carboxylic acids is 2. The van der Waals surface area contributed by atoms with E-state index in [9.17, 15) is 9.59 Å². The van der Waals surface area contributed by atoms with E-state index in [1.54, 1.807) is 18.2 Å². The van der Waals surface area contributed by atoms with Gasteiger partial charge in [0, 0.05) is 4.90 Å². The van der Waals surface area contributed by atoms with Crippen LogP contribution in [0.5, 0.6) is 0 Å². The molecule has 0 aliphatic carbocycles. The molecule has 0 bridgehead atoms. The first kappa shape index (κ1) is 18.4. The smallest absolute Gasteiger partial charge is 0.338 e. The molecule has 0 aliphatic rings. The highest BCUT2D eigenvalue weighted by molar-refractivity contribution is 8.00. The van der Waals surface area contributed by atoms with Crippen LogP contribution in [-0.4, -0.2) is 24.7 Å². The summed E-state index contributed by atoms with van der Waals surface area (Å²) < 4.78 is 4.75. The van der Waals surface area contributed by atoms with Crippen LogP contribution in [0, 0.1) is 13.8 Å². The van der Waals surface area contributed by atoms with Crippen LogP contribution in [0.25, 0.3) is 0 Å². The SMILES string of the molecule is COC(=O)c1ccccc1SCC(=O)Nc1c(C)cc(C)cc1Cl. The first-order valence-electron chi connectivity index (χ1n) is 7.29. The summed E-state index contributed by atoms with van der Waals surface area (Å²) in [5.74, 6) is -0.443. The number of hydrogen-bond acceptors (Lipinski definition) is 4. The fourth-order valence-corrected chi connectivity index (χ4v) is 3.47. The molecule has 0 saturated heterocycles. The maximum atomic E-state index is 12.2. The maximum absolute atomic E-state index is 12.2. The van der Waals surface area contributed by atoms with Crippen molar-refractivity contribution in [3.8, 4) is 0 Å². The lowest BCUT2D eigenvalue weighted by Gasteiger charge is -2.12. The van der Waals surface area contributed by atoms with Crippen molar-refractivity contribution in [2.45, 2.75) is 18.7 Å². The normalized spacial score (nSPS) is 10.3. The van der Waals surface area contributed by atoms with Crippen molar-refractivity contribution < 1.29 is 14.3 Å². The summed E-state index contributed by atoms with van der Waals surface area (Å²) in [5, 5.41) is 3.35. The second kappa shape index (κ2) is 8.22. The van der Waals surface area contributed by atoms with Crippen molar-refractivity contribution in [2.24, 2.45) is 0 Å². The summed E-state index contributed by atoms with van der Waals surface area (Å²) in [6.07, 6.45) is 0. The Bertz CT molecular complexity index is 754. The fraction of sp³-hybridized carbons (Fsp3) is 0.222. The number of carbonyl (C=O) groups is 2. The van der Waals surface area contributed by atoms with E-state index in [-0.39, 0.29) is 11.7 Å². The Morgan fingerprint density at radius 1 is 1.21 bits per heavy atom. The molecule has 2 rings (SSSR count). The Labute approximate surface area is 150 Å². The van der Waals surface area contributed by atoms with Gasteiger partial charge in [0.1, 0.15) is 0 Å². The van der Waals surface area contributed by atoms with Crippen LogP contribution in [0.1, 0.15) is 21.5 Å². The first-order valence-corrected chi connectivity index (χ1v) is 8.65. The molecule has 1 amide bonds. The summed E-state index contributed by atoms with van der Waals surface area (Å²) in [6.45, 7) is 3.85. The quantitative estimate of drug-likeness (QED) is 0.628. The van der Waals surface area contributed by atoms with Gasteiger partial charge in [-0.25, -0.2) is 4.79 Å². The van der Waals surface area contributed by atoms with Gasteiger partial charge in [0.05, 0.1) is 29.1 Å². The van der Waals surface area contributed by atoms with Gasteiger partial charge in [-0.15, -0.1) is 11.8 Å². The van der Waals surface area contributed by atoms with Crippen molar-refractivity contribution >= 4 is 40.9 Å². The highest BCUT2D eigenvalue weighted by Gasteiger charge is 2.14. The van der Waals surface area contributed by atoms with E-state index in [0.29, 0.717) is 21.2 Å². The van der Waals surface area contributed by atoms with Crippen molar-refractivity contribution in [3.05, 3.63) is 58.1 Å². The van der Waals surface area contributed by atoms with Crippen LogP contribution >= 0.6 is 23.4 Å². The lowest BCUT2D eigenvalue weighted by atomic mass is 10.1. The molecule has 0 aromatic heterocycles. The van der Waals surface area contributed by atoms with Crippen molar-refractivity contribution in [1.82, 2.24) is 0 Å². The molecule has 0 saturated carbocycles. The number of benzene rings is 2. The second-order valence-electron chi connectivity index (χ2n) is 5.26. The van der Waals surface area contributed by atoms with Gasteiger partial charge in [-0.2, -0.15) is 0 Å². The zero-order valence-corrected chi connectivity index (χ0v) is 15.3. The van der Waals surface area contributed by atoms with Gasteiger partial charge >= 0.3 is 5.97 Å². The monoisotopic (exact) mass is 363 g/mol. The van der Waals surface area contributed by atoms with Crippen LogP contribution in [0.15, 0.2) is 41.3 Å². The summed E-state index contributed by atoms with van der Waals surface area (Å²) in [6, 6.07) is 10.8. The number of aryl methyl sites for hydroxylation is 2. The lowest BCUT2D eigenvalue weighted by Crippen LogP contribution is -2.15. The number of methoxy groups -OCH3 is 1. The second-order valence-corrected chi connectivity index (χ2v) is 6.69. The van der Waals surface area contributed by atoms with E-state index < -0.39 is 5.97 Å². The van der Waals surface area contributed by atoms with E-state index in [1.807, 2.05) is 32.0 Å². The number of rotatable bonds is 5. The average molecular weight is 364 g/mol. The van der Waals surface area contributed by atoms with Gasteiger partial charge in [0.25, 0.3) is 0 Å². The van der Waals surface area contributed by atoms with Crippen LogP contribution in [-0.2, 0) is 9.53 Å². The molecule has 0 heterocycles. The Morgan fingerprint density at radius 3 is 2.58 bits per heavy atom. The topological polar surface area (TPSA) is 55.4 Å². The Hall–Kier alpha value is -1.98. The van der Waals surface area contributed by atoms with E-state index in [1.165, 1.54) is 18.9 Å². The molecule has 1 N–H and O–H groups in total. The lowest BCUT2D eigenvalue weighted by molar-refractivity contribution is -0.113. The Balaban J connectivity index is 2.06. The molecule has 0 unspecified atom stereocenters. The largest absolute Gasteiger partial charge is 0.465 e. The van der Waals surface area contributed by atoms with Gasteiger partial charge in [-0.1, -0.05) is 29.8 Å². The number of nitrogens with one attached hydrogen (secondary N) is 1. The summed E-state index contributed by atoms with van der Waals surface area (Å²) >= 11 is 7.48. The molecule has 0 aliphatic heterocycles. The van der Waals surface area contributed by atoms with Gasteiger partial charge < -0.3 is 10.1 Å². The zero-order chi connectivity index (χ0) is 17.7. The van der Waals surface area contributed by atoms with Crippen molar-refractivity contribution in [2.75, 3.05) is 18.2 Å². The third-order valence-electron chi connectivity index (χ3n) is 3.35. The molecule has 2 aromatic rings. The van der Waals surface area contributed by atoms with Crippen LogP contribution in [0.3, 0.4) is 0 Å². The molecule has 24 heavy (non-hydrogen) atoms. The number of anilines is 1. The van der Waals surface area contributed by atoms with E-state index in [4.69, 9.17) is 16.3 Å². The maximum Gasteiger partial charge on any atom is 0.338 e. The summed E-state index contributed by atoms with van der Waals surface area (Å²) in [4.78, 5) is 24.7. The number of hydrogen-bond donors (Lipinski definition) is 1. The fourth-order valence-electron chi connectivity index (χ4n) is 2.26. The van der Waals surface area contributed by atoms with Gasteiger partial charge in [-0.3, -0.25) is 4.79 Å². The third-order valence-corrected chi connectivity index (χ3v) is 4.72. The zero-order valence-electron chi connectivity index (χ0n) is 13.7. The number of esters is 1. The standard InChI is InChI=1S/C18H18ClNO3S/c1-11-8-12(2)17(14(19)9-11)20-16(21)10-24-15-7-5-4-6-13(15)18(22)23-3/h4-9H,10H2,1-3H3,(H,20,21). The number of thioether (sulfide) groups is 1. The predicted octanol–water partition coefficient (Wildman–Crippen LogP) is 4.47. The summed E-state index contributed by atoms with van der Waals surface area (Å²) in [7, 11) is 1.33. The molecule has 2 aromatic carbocycles. The number of halogens is 1. The number of amides is 1. The van der Waals surface area contributed by atoms with Crippen LogP contribution in [0.4, 0.5) is 5.69 Å². The van der Waals surface area contributed by atoms with Gasteiger partial charge in [0.15, 0.2) is 0 Å². The molecule has 0 spiro atoms. The minimum Gasteiger partial charge on any atom is -0.465 e. The molecule has 0 atom stereocenters.